The second-order valence-electron chi connectivity index (χ2n) is 5.58. The lowest BCUT2D eigenvalue weighted by Gasteiger charge is -2.31. The quantitative estimate of drug-likeness (QED) is 0.859. The third-order valence-corrected chi connectivity index (χ3v) is 5.93. The van der Waals surface area contributed by atoms with Crippen LogP contribution in [0.2, 0.25) is 0 Å². The first-order chi connectivity index (χ1) is 9.32. The van der Waals surface area contributed by atoms with Crippen LogP contribution in [0, 0.1) is 19.8 Å². The molecule has 0 spiro atoms. The lowest BCUT2D eigenvalue weighted by atomic mass is 9.96. The van der Waals surface area contributed by atoms with E-state index in [-0.39, 0.29) is 11.7 Å². The molecule has 1 saturated heterocycles. The molecule has 0 bridgehead atoms. The van der Waals surface area contributed by atoms with E-state index in [2.05, 4.69) is 0 Å². The number of hydrogen-bond donors (Lipinski definition) is 0. The molecule has 0 N–H and O–H groups in total. The van der Waals surface area contributed by atoms with Crippen LogP contribution in [0.1, 0.15) is 30.9 Å². The Bertz CT molecular complexity index is 622. The number of ketones is 1. The molecular formula is C15H21NO3S. The largest absolute Gasteiger partial charge is 0.300 e. The third-order valence-electron chi connectivity index (χ3n) is 3.92. The van der Waals surface area contributed by atoms with E-state index in [0.717, 1.165) is 24.0 Å². The van der Waals surface area contributed by atoms with Crippen LogP contribution in [0.4, 0.5) is 0 Å². The van der Waals surface area contributed by atoms with Gasteiger partial charge in [0.15, 0.2) is 0 Å². The molecule has 1 unspecified atom stereocenters. The van der Waals surface area contributed by atoms with Crippen molar-refractivity contribution < 1.29 is 13.2 Å². The van der Waals surface area contributed by atoms with Gasteiger partial charge in [-0.05, 0) is 50.8 Å². The van der Waals surface area contributed by atoms with Crippen molar-refractivity contribution in [2.24, 2.45) is 5.92 Å². The van der Waals surface area contributed by atoms with Crippen LogP contribution in [0.15, 0.2) is 23.1 Å². The zero-order valence-electron chi connectivity index (χ0n) is 12.2. The van der Waals surface area contributed by atoms with Crippen LogP contribution < -0.4 is 0 Å². The van der Waals surface area contributed by atoms with E-state index in [9.17, 15) is 13.2 Å². The zero-order chi connectivity index (χ0) is 14.9. The molecule has 0 amide bonds. The van der Waals surface area contributed by atoms with Gasteiger partial charge in [-0.1, -0.05) is 12.1 Å². The highest BCUT2D eigenvalue weighted by Crippen LogP contribution is 2.26. The highest BCUT2D eigenvalue weighted by atomic mass is 32.2. The van der Waals surface area contributed by atoms with Gasteiger partial charge in [-0.3, -0.25) is 4.79 Å². The number of sulfonamides is 1. The van der Waals surface area contributed by atoms with Gasteiger partial charge in [0, 0.05) is 19.0 Å². The smallest absolute Gasteiger partial charge is 0.243 e. The summed E-state index contributed by atoms with van der Waals surface area (Å²) in [6.45, 7) is 6.04. The second kappa shape index (κ2) is 5.66. The van der Waals surface area contributed by atoms with Crippen LogP contribution in [0.5, 0.6) is 0 Å². The predicted molar refractivity (Wildman–Crippen MR) is 78.1 cm³/mol. The Labute approximate surface area is 120 Å². The normalized spacial score (nSPS) is 20.9. The third kappa shape index (κ3) is 2.94. The number of hydrogen-bond acceptors (Lipinski definition) is 3. The van der Waals surface area contributed by atoms with Crippen molar-refractivity contribution in [3.8, 4) is 0 Å². The van der Waals surface area contributed by atoms with Crippen molar-refractivity contribution >= 4 is 15.8 Å². The fraction of sp³-hybridized carbons (Fsp3) is 0.533. The number of benzene rings is 1. The molecule has 2 rings (SSSR count). The standard InChI is InChI=1S/C15H21NO3S/c1-11-6-7-12(2)15(9-11)20(18,19)16-8-4-5-14(10-16)13(3)17/h6-7,9,14H,4-5,8,10H2,1-3H3. The molecule has 20 heavy (non-hydrogen) atoms. The number of carbonyl (C=O) groups is 1. The maximum absolute atomic E-state index is 12.7. The van der Waals surface area contributed by atoms with Crippen LogP contribution in [0.3, 0.4) is 0 Å². The summed E-state index contributed by atoms with van der Waals surface area (Å²) in [6, 6.07) is 5.44. The highest BCUT2D eigenvalue weighted by molar-refractivity contribution is 7.89. The number of aryl methyl sites for hydroxylation is 2. The molecular weight excluding hydrogens is 274 g/mol. The van der Waals surface area contributed by atoms with E-state index in [1.54, 1.807) is 19.9 Å². The topological polar surface area (TPSA) is 54.5 Å². The van der Waals surface area contributed by atoms with Gasteiger partial charge in [-0.15, -0.1) is 0 Å². The lowest BCUT2D eigenvalue weighted by Crippen LogP contribution is -2.42. The average Bonchev–Trinajstić information content (AvgIpc) is 2.41. The monoisotopic (exact) mass is 295 g/mol. The summed E-state index contributed by atoms with van der Waals surface area (Å²) in [4.78, 5) is 11.9. The van der Waals surface area contributed by atoms with Gasteiger partial charge >= 0.3 is 0 Å². The molecule has 1 aromatic carbocycles. The molecule has 0 radical (unpaired) electrons. The van der Waals surface area contributed by atoms with Crippen molar-refractivity contribution in [3.63, 3.8) is 0 Å². The summed E-state index contributed by atoms with van der Waals surface area (Å²) in [5.74, 6) is -0.0884. The second-order valence-corrected chi connectivity index (χ2v) is 7.49. The minimum absolute atomic E-state index is 0.0749. The van der Waals surface area contributed by atoms with Crippen molar-refractivity contribution in [2.75, 3.05) is 13.1 Å². The Kier molecular flexibility index (Phi) is 4.30. The van der Waals surface area contributed by atoms with Crippen molar-refractivity contribution in [2.45, 2.75) is 38.5 Å². The molecule has 1 aliphatic heterocycles. The summed E-state index contributed by atoms with van der Waals surface area (Å²) in [7, 11) is -3.50. The van der Waals surface area contributed by atoms with Crippen molar-refractivity contribution in [3.05, 3.63) is 29.3 Å². The number of piperidine rings is 1. The van der Waals surface area contributed by atoms with Crippen LogP contribution in [0.25, 0.3) is 0 Å². The summed E-state index contributed by atoms with van der Waals surface area (Å²) in [5, 5.41) is 0. The van der Waals surface area contributed by atoms with E-state index in [1.165, 1.54) is 4.31 Å². The molecule has 110 valence electrons. The van der Waals surface area contributed by atoms with Gasteiger partial charge in [0.1, 0.15) is 5.78 Å². The molecule has 1 aliphatic rings. The molecule has 1 heterocycles. The molecule has 0 aromatic heterocycles. The van der Waals surface area contributed by atoms with E-state index in [4.69, 9.17) is 0 Å². The van der Waals surface area contributed by atoms with Gasteiger partial charge in [0.05, 0.1) is 4.90 Å². The van der Waals surface area contributed by atoms with Crippen molar-refractivity contribution in [1.29, 1.82) is 0 Å². The minimum Gasteiger partial charge on any atom is -0.300 e. The molecule has 0 saturated carbocycles. The Morgan fingerprint density at radius 3 is 2.65 bits per heavy atom. The van der Waals surface area contributed by atoms with Gasteiger partial charge in [0.25, 0.3) is 0 Å². The maximum Gasteiger partial charge on any atom is 0.243 e. The summed E-state index contributed by atoms with van der Waals surface area (Å²) >= 11 is 0. The van der Waals surface area contributed by atoms with Gasteiger partial charge < -0.3 is 0 Å². The number of rotatable bonds is 3. The molecule has 1 atom stereocenters. The molecule has 4 nitrogen and oxygen atoms in total. The van der Waals surface area contributed by atoms with Crippen LogP contribution in [-0.4, -0.2) is 31.6 Å². The number of carbonyl (C=O) groups excluding carboxylic acids is 1. The minimum atomic E-state index is -3.50. The number of Topliss-reactive ketones (excluding diaryl/α,β-unsaturated/α-hetero) is 1. The fourth-order valence-corrected chi connectivity index (χ4v) is 4.45. The Balaban J connectivity index is 2.35. The van der Waals surface area contributed by atoms with Crippen LogP contribution in [-0.2, 0) is 14.8 Å². The number of nitrogens with zero attached hydrogens (tertiary/aromatic N) is 1. The predicted octanol–water partition coefficient (Wildman–Crippen LogP) is 2.29. The first kappa shape index (κ1) is 15.2. The van der Waals surface area contributed by atoms with Gasteiger partial charge in [-0.2, -0.15) is 4.31 Å². The average molecular weight is 295 g/mol. The van der Waals surface area contributed by atoms with E-state index >= 15 is 0 Å². The first-order valence-corrected chi connectivity index (χ1v) is 8.34. The van der Waals surface area contributed by atoms with Crippen LogP contribution >= 0.6 is 0 Å². The van der Waals surface area contributed by atoms with E-state index in [0.29, 0.717) is 18.0 Å². The summed E-state index contributed by atoms with van der Waals surface area (Å²) < 4.78 is 26.9. The highest BCUT2D eigenvalue weighted by Gasteiger charge is 2.32. The zero-order valence-corrected chi connectivity index (χ0v) is 13.0. The van der Waals surface area contributed by atoms with Crippen molar-refractivity contribution in [1.82, 2.24) is 4.31 Å². The Hall–Kier alpha value is -1.20. The SMILES string of the molecule is CC(=O)C1CCCN(S(=O)(=O)c2cc(C)ccc2C)C1. The first-order valence-electron chi connectivity index (χ1n) is 6.90. The molecule has 1 fully saturated rings. The van der Waals surface area contributed by atoms with E-state index < -0.39 is 10.0 Å². The Morgan fingerprint density at radius 2 is 2.00 bits per heavy atom. The van der Waals surface area contributed by atoms with Gasteiger partial charge in [-0.25, -0.2) is 8.42 Å². The molecule has 5 heteroatoms. The van der Waals surface area contributed by atoms with E-state index in [1.807, 2.05) is 19.1 Å². The van der Waals surface area contributed by atoms with Gasteiger partial charge in [0.2, 0.25) is 10.0 Å². The maximum atomic E-state index is 12.7. The molecule has 0 aliphatic carbocycles. The fourth-order valence-electron chi connectivity index (χ4n) is 2.62. The summed E-state index contributed by atoms with van der Waals surface area (Å²) in [6.07, 6.45) is 1.53. The Morgan fingerprint density at radius 1 is 1.30 bits per heavy atom. The molecule has 1 aromatic rings. The summed E-state index contributed by atoms with van der Waals surface area (Å²) in [5.41, 5.74) is 1.68. The lowest BCUT2D eigenvalue weighted by molar-refractivity contribution is -0.121.